The van der Waals surface area contributed by atoms with Crippen LogP contribution in [0.25, 0.3) is 0 Å². The van der Waals surface area contributed by atoms with Crippen molar-refractivity contribution in [3.8, 4) is 0 Å². The lowest BCUT2D eigenvalue weighted by Gasteiger charge is -2.33. The van der Waals surface area contributed by atoms with Gasteiger partial charge in [-0.15, -0.1) is 0 Å². The smallest absolute Gasteiger partial charge is 0.180 e. The highest BCUT2D eigenvalue weighted by molar-refractivity contribution is 7.91. The van der Waals surface area contributed by atoms with E-state index in [4.69, 9.17) is 0 Å². The van der Waals surface area contributed by atoms with Crippen LogP contribution in [0.15, 0.2) is 23.1 Å². The molecule has 1 heterocycles. The van der Waals surface area contributed by atoms with E-state index in [-0.39, 0.29) is 11.3 Å². The summed E-state index contributed by atoms with van der Waals surface area (Å²) in [5, 5.41) is 3.68. The lowest BCUT2D eigenvalue weighted by Crippen LogP contribution is -2.48. The summed E-state index contributed by atoms with van der Waals surface area (Å²) in [5.74, 6) is 0.220. The van der Waals surface area contributed by atoms with E-state index in [1.165, 1.54) is 0 Å². The van der Waals surface area contributed by atoms with E-state index in [9.17, 15) is 8.42 Å². The van der Waals surface area contributed by atoms with Crippen LogP contribution in [0.3, 0.4) is 0 Å². The summed E-state index contributed by atoms with van der Waals surface area (Å²) < 4.78 is 26.4. The van der Waals surface area contributed by atoms with Gasteiger partial charge in [0, 0.05) is 30.9 Å². The van der Waals surface area contributed by atoms with Gasteiger partial charge in [-0.05, 0) is 50.5 Å². The van der Waals surface area contributed by atoms with E-state index in [1.54, 1.807) is 0 Å². The van der Waals surface area contributed by atoms with E-state index in [0.29, 0.717) is 11.4 Å². The molecule has 0 atom stereocenters. The molecule has 0 bridgehead atoms. The number of nitrogens with one attached hydrogen (secondary N) is 1. The Balaban J connectivity index is 2.39. The molecule has 148 valence electrons. The predicted octanol–water partition coefficient (Wildman–Crippen LogP) is 4.53. The number of rotatable bonds is 9. The second-order valence-corrected chi connectivity index (χ2v) is 9.52. The molecule has 2 rings (SSSR count). The Morgan fingerprint density at radius 3 is 2.19 bits per heavy atom. The summed E-state index contributed by atoms with van der Waals surface area (Å²) in [6.45, 7) is 11.1. The number of hydrogen-bond acceptors (Lipinski definition) is 4. The van der Waals surface area contributed by atoms with E-state index < -0.39 is 9.84 Å². The molecule has 1 N–H and O–H groups in total. The van der Waals surface area contributed by atoms with Crippen LogP contribution < -0.4 is 10.2 Å². The fraction of sp³-hybridized carbons (Fsp3) is 0.714. The number of sulfone groups is 1. The minimum atomic E-state index is -3.28. The summed E-state index contributed by atoms with van der Waals surface area (Å²) >= 11 is 0. The van der Waals surface area contributed by atoms with Crippen molar-refractivity contribution in [1.29, 1.82) is 0 Å². The fourth-order valence-corrected chi connectivity index (χ4v) is 6.12. The first-order chi connectivity index (χ1) is 12.4. The molecule has 0 aliphatic carbocycles. The second kappa shape index (κ2) is 9.23. The van der Waals surface area contributed by atoms with Gasteiger partial charge in [0.15, 0.2) is 9.84 Å². The van der Waals surface area contributed by atoms with Crippen molar-refractivity contribution in [2.45, 2.75) is 83.2 Å². The Morgan fingerprint density at radius 2 is 1.65 bits per heavy atom. The molecule has 1 aromatic rings. The Kier molecular flexibility index (Phi) is 7.53. The molecule has 0 saturated carbocycles. The Labute approximate surface area is 160 Å². The van der Waals surface area contributed by atoms with Crippen molar-refractivity contribution < 1.29 is 8.42 Å². The summed E-state index contributed by atoms with van der Waals surface area (Å²) in [5.41, 5.74) is 1.74. The van der Waals surface area contributed by atoms with E-state index >= 15 is 0 Å². The summed E-state index contributed by atoms with van der Waals surface area (Å²) in [6.07, 6.45) is 6.17. The normalized spacial score (nSPS) is 18.2. The topological polar surface area (TPSA) is 49.4 Å². The van der Waals surface area contributed by atoms with Crippen molar-refractivity contribution in [3.63, 3.8) is 0 Å². The van der Waals surface area contributed by atoms with Gasteiger partial charge in [0.25, 0.3) is 0 Å². The molecule has 0 aromatic heterocycles. The van der Waals surface area contributed by atoms with E-state index in [0.717, 1.165) is 62.9 Å². The van der Waals surface area contributed by atoms with Gasteiger partial charge in [0.05, 0.1) is 10.6 Å². The van der Waals surface area contributed by atoms with Crippen LogP contribution in [0.5, 0.6) is 0 Å². The van der Waals surface area contributed by atoms with E-state index in [1.807, 2.05) is 12.1 Å². The number of benzene rings is 1. The number of hydrogen-bond donors (Lipinski definition) is 1. The predicted molar refractivity (Wildman–Crippen MR) is 111 cm³/mol. The molecule has 5 heteroatoms. The summed E-state index contributed by atoms with van der Waals surface area (Å²) in [7, 11) is -3.28. The molecule has 1 aliphatic rings. The second-order valence-electron chi connectivity index (χ2n) is 7.56. The third kappa shape index (κ3) is 4.80. The van der Waals surface area contributed by atoms with Crippen molar-refractivity contribution in [3.05, 3.63) is 23.8 Å². The van der Waals surface area contributed by atoms with Gasteiger partial charge in [0.1, 0.15) is 0 Å². The number of nitrogens with zero attached hydrogens (tertiary/aromatic N) is 1. The Morgan fingerprint density at radius 1 is 1.04 bits per heavy atom. The highest BCUT2D eigenvalue weighted by atomic mass is 32.2. The number of unbranched alkanes of at least 4 members (excludes halogenated alkanes) is 2. The first kappa shape index (κ1) is 21.2. The molecule has 1 aromatic carbocycles. The minimum Gasteiger partial charge on any atom is -0.372 e. The van der Waals surface area contributed by atoms with Crippen LogP contribution in [0.1, 0.15) is 71.8 Å². The molecule has 1 aliphatic heterocycles. The number of anilines is 1. The van der Waals surface area contributed by atoms with Gasteiger partial charge >= 0.3 is 0 Å². The molecule has 0 amide bonds. The molecule has 0 spiro atoms. The third-order valence-corrected chi connectivity index (χ3v) is 7.65. The SMILES string of the molecule is CCCCC1(CCCC)CS(=O)(=O)c2ccc(N(CC)CC)cc2CN1. The molecule has 0 fully saturated rings. The van der Waals surface area contributed by atoms with Crippen LogP contribution in [0, 0.1) is 0 Å². The summed E-state index contributed by atoms with van der Waals surface area (Å²) in [4.78, 5) is 2.79. The molecular formula is C21H36N2O2S. The fourth-order valence-electron chi connectivity index (χ4n) is 4.04. The van der Waals surface area contributed by atoms with Crippen LogP contribution in [0.4, 0.5) is 5.69 Å². The summed E-state index contributed by atoms with van der Waals surface area (Å²) in [6, 6.07) is 5.87. The van der Waals surface area contributed by atoms with Gasteiger partial charge in [-0.2, -0.15) is 0 Å². The first-order valence-corrected chi connectivity index (χ1v) is 11.9. The standard InChI is InChI=1S/C21H36N2O2S/c1-5-9-13-21(14-10-6-2)17-26(24,25)20-12-11-19(23(7-3)8-4)15-18(20)16-22-21/h11-12,15,22H,5-10,13-14,16-17H2,1-4H3. The van der Waals surface area contributed by atoms with Gasteiger partial charge in [-0.1, -0.05) is 39.5 Å². The van der Waals surface area contributed by atoms with Gasteiger partial charge in [-0.3, -0.25) is 0 Å². The van der Waals surface area contributed by atoms with Crippen LogP contribution in [-0.4, -0.2) is 32.8 Å². The maximum Gasteiger partial charge on any atom is 0.180 e. The molecule has 0 radical (unpaired) electrons. The average Bonchev–Trinajstić information content (AvgIpc) is 2.74. The Bertz CT molecular complexity index is 673. The lowest BCUT2D eigenvalue weighted by atomic mass is 9.88. The number of fused-ring (bicyclic) bond motifs is 1. The largest absolute Gasteiger partial charge is 0.372 e. The highest BCUT2D eigenvalue weighted by Crippen LogP contribution is 2.33. The highest BCUT2D eigenvalue weighted by Gasteiger charge is 2.38. The monoisotopic (exact) mass is 380 g/mol. The zero-order valence-corrected chi connectivity index (χ0v) is 17.8. The van der Waals surface area contributed by atoms with Gasteiger partial charge in [0.2, 0.25) is 0 Å². The van der Waals surface area contributed by atoms with Crippen LogP contribution >= 0.6 is 0 Å². The molecule has 4 nitrogen and oxygen atoms in total. The molecule has 0 unspecified atom stereocenters. The van der Waals surface area contributed by atoms with Crippen LogP contribution in [-0.2, 0) is 16.4 Å². The quantitative estimate of drug-likeness (QED) is 0.684. The first-order valence-electron chi connectivity index (χ1n) is 10.3. The van der Waals surface area contributed by atoms with Crippen molar-refractivity contribution in [1.82, 2.24) is 5.32 Å². The average molecular weight is 381 g/mol. The van der Waals surface area contributed by atoms with Crippen molar-refractivity contribution in [2.75, 3.05) is 23.7 Å². The van der Waals surface area contributed by atoms with Crippen molar-refractivity contribution in [2.24, 2.45) is 0 Å². The van der Waals surface area contributed by atoms with Gasteiger partial charge in [-0.25, -0.2) is 8.42 Å². The maximum atomic E-state index is 13.2. The molecule has 26 heavy (non-hydrogen) atoms. The zero-order valence-electron chi connectivity index (χ0n) is 17.0. The van der Waals surface area contributed by atoms with E-state index in [2.05, 4.69) is 44.0 Å². The molecule has 0 saturated heterocycles. The zero-order chi connectivity index (χ0) is 19.2. The lowest BCUT2D eigenvalue weighted by molar-refractivity contribution is 0.295. The third-order valence-electron chi connectivity index (χ3n) is 5.65. The van der Waals surface area contributed by atoms with Gasteiger partial charge < -0.3 is 10.2 Å². The van der Waals surface area contributed by atoms with Crippen LogP contribution in [0.2, 0.25) is 0 Å². The van der Waals surface area contributed by atoms with Crippen molar-refractivity contribution >= 4 is 15.5 Å². The Hall–Kier alpha value is -1.07. The molecular weight excluding hydrogens is 344 g/mol. The maximum absolute atomic E-state index is 13.2. The minimum absolute atomic E-state index is 0.220.